The second kappa shape index (κ2) is 7.85. The summed E-state index contributed by atoms with van der Waals surface area (Å²) in [5.41, 5.74) is 0.0539. The van der Waals surface area contributed by atoms with Gasteiger partial charge in [-0.05, 0) is 37.7 Å². The van der Waals surface area contributed by atoms with Gasteiger partial charge in [0, 0.05) is 5.92 Å². The van der Waals surface area contributed by atoms with Crippen LogP contribution in [-0.2, 0) is 9.59 Å². The molecule has 0 spiro atoms. The van der Waals surface area contributed by atoms with Gasteiger partial charge in [-0.2, -0.15) is 0 Å². The minimum Gasteiger partial charge on any atom is -0.367 e. The molecule has 2 atom stereocenters. The Hall–Kier alpha value is -0.470. The quantitative estimate of drug-likeness (QED) is 0.423. The molecule has 0 aromatic heterocycles. The average molecular weight is 275 g/mol. The molecule has 0 aromatic rings. The molecule has 18 heavy (non-hydrogen) atoms. The van der Waals surface area contributed by atoms with Gasteiger partial charge >= 0.3 is 0 Å². The van der Waals surface area contributed by atoms with Crippen molar-refractivity contribution in [2.75, 3.05) is 19.5 Å². The predicted molar refractivity (Wildman–Crippen MR) is 76.0 cm³/mol. The highest BCUT2D eigenvalue weighted by atomic mass is 31.1. The van der Waals surface area contributed by atoms with Crippen molar-refractivity contribution in [1.29, 1.82) is 0 Å². The number of carbonyl (C=O) groups excluding carboxylic acids is 2. The highest BCUT2D eigenvalue weighted by Crippen LogP contribution is 2.32. The first kappa shape index (κ1) is 17.5. The summed E-state index contributed by atoms with van der Waals surface area (Å²) >= 11 is 0. The number of hydrogen-bond acceptors (Lipinski definition) is 3. The van der Waals surface area contributed by atoms with Crippen molar-refractivity contribution in [2.24, 2.45) is 11.3 Å². The van der Waals surface area contributed by atoms with Crippen LogP contribution >= 0.6 is 7.92 Å². The zero-order chi connectivity index (χ0) is 14.3. The van der Waals surface area contributed by atoms with Crippen LogP contribution < -0.4 is 5.32 Å². The Kier molecular flexibility index (Phi) is 7.65. The van der Waals surface area contributed by atoms with Gasteiger partial charge in [0.1, 0.15) is 0 Å². The fourth-order valence-corrected chi connectivity index (χ4v) is 2.60. The molecule has 106 valence electrons. The van der Waals surface area contributed by atoms with Gasteiger partial charge in [-0.1, -0.05) is 20.8 Å². The molecule has 0 aliphatic heterocycles. The zero-order valence-corrected chi connectivity index (χ0v) is 13.0. The number of amides is 1. The number of aliphatic hydroxyl groups excluding tert-OH is 1. The number of carbonyl (C=O) groups is 2. The van der Waals surface area contributed by atoms with Crippen LogP contribution in [0, 0.1) is 11.3 Å². The van der Waals surface area contributed by atoms with Crippen LogP contribution in [0.4, 0.5) is 0 Å². The third kappa shape index (κ3) is 8.60. The van der Waals surface area contributed by atoms with Gasteiger partial charge in [0.2, 0.25) is 5.91 Å². The number of nitrogens with one attached hydrogen (secondary N) is 1. The largest absolute Gasteiger partial charge is 0.367 e. The lowest BCUT2D eigenvalue weighted by Crippen LogP contribution is -2.41. The number of hydrogen-bond donors (Lipinski definition) is 2. The summed E-state index contributed by atoms with van der Waals surface area (Å²) in [6, 6.07) is 0. The van der Waals surface area contributed by atoms with E-state index in [9.17, 15) is 9.59 Å². The van der Waals surface area contributed by atoms with Gasteiger partial charge in [0.05, 0.1) is 0 Å². The lowest BCUT2D eigenvalue weighted by Gasteiger charge is -2.26. The molecule has 0 fully saturated rings. The SMILES string of the molecule is CP(C)CCC(CC(C)(C)C)C(=O)NC(O)C=O. The van der Waals surface area contributed by atoms with Gasteiger partial charge < -0.3 is 10.4 Å². The topological polar surface area (TPSA) is 66.4 Å². The van der Waals surface area contributed by atoms with E-state index in [4.69, 9.17) is 5.11 Å². The maximum absolute atomic E-state index is 12.0. The highest BCUT2D eigenvalue weighted by Gasteiger charge is 2.25. The molecule has 0 saturated carbocycles. The molecule has 2 unspecified atom stereocenters. The van der Waals surface area contributed by atoms with E-state index in [0.717, 1.165) is 19.0 Å². The van der Waals surface area contributed by atoms with Gasteiger partial charge in [0.15, 0.2) is 12.5 Å². The average Bonchev–Trinajstić information content (AvgIpc) is 2.22. The van der Waals surface area contributed by atoms with E-state index >= 15 is 0 Å². The molecule has 0 bridgehead atoms. The molecular weight excluding hydrogens is 249 g/mol. The Labute approximate surface area is 111 Å². The Morgan fingerprint density at radius 3 is 2.33 bits per heavy atom. The van der Waals surface area contributed by atoms with Gasteiger partial charge in [-0.25, -0.2) is 0 Å². The predicted octanol–water partition coefficient (Wildman–Crippen LogP) is 1.80. The van der Waals surface area contributed by atoms with E-state index in [-0.39, 0.29) is 25.2 Å². The van der Waals surface area contributed by atoms with Crippen molar-refractivity contribution < 1.29 is 14.7 Å². The lowest BCUT2D eigenvalue weighted by molar-refractivity contribution is -0.132. The van der Waals surface area contributed by atoms with Crippen molar-refractivity contribution in [3.63, 3.8) is 0 Å². The van der Waals surface area contributed by atoms with Crippen molar-refractivity contribution in [2.45, 2.75) is 39.8 Å². The molecule has 0 rings (SSSR count). The lowest BCUT2D eigenvalue weighted by atomic mass is 9.83. The standard InChI is InChI=1S/C13H26NO3P/c1-13(2,3)8-10(6-7-18(4)5)12(17)14-11(16)9-15/h9-11,16H,6-8H2,1-5H3,(H,14,17). The summed E-state index contributed by atoms with van der Waals surface area (Å²) in [5.74, 6) is -0.356. The van der Waals surface area contributed by atoms with Crippen LogP contribution in [0.15, 0.2) is 0 Å². The van der Waals surface area contributed by atoms with Crippen molar-refractivity contribution in [1.82, 2.24) is 5.32 Å². The van der Waals surface area contributed by atoms with Gasteiger partial charge in [-0.3, -0.25) is 9.59 Å². The highest BCUT2D eigenvalue weighted by molar-refractivity contribution is 7.55. The number of aliphatic hydroxyl groups is 1. The molecule has 0 aliphatic rings. The summed E-state index contributed by atoms with van der Waals surface area (Å²) in [6.45, 7) is 10.6. The first-order valence-electron chi connectivity index (χ1n) is 6.24. The fraction of sp³-hybridized carbons (Fsp3) is 0.846. The number of aldehydes is 1. The summed E-state index contributed by atoms with van der Waals surface area (Å²) < 4.78 is 0. The van der Waals surface area contributed by atoms with Crippen LogP contribution in [0.1, 0.15) is 33.6 Å². The Balaban J connectivity index is 4.53. The molecule has 2 N–H and O–H groups in total. The van der Waals surface area contributed by atoms with E-state index in [1.54, 1.807) is 0 Å². The summed E-state index contributed by atoms with van der Waals surface area (Å²) in [6.07, 6.45) is 1.55. The smallest absolute Gasteiger partial charge is 0.225 e. The zero-order valence-electron chi connectivity index (χ0n) is 12.1. The van der Waals surface area contributed by atoms with Crippen LogP contribution in [0.5, 0.6) is 0 Å². The fourth-order valence-electron chi connectivity index (χ4n) is 1.78. The van der Waals surface area contributed by atoms with E-state index in [1.807, 2.05) is 0 Å². The molecule has 0 aliphatic carbocycles. The molecule has 0 heterocycles. The third-order valence-corrected chi connectivity index (χ3v) is 3.73. The van der Waals surface area contributed by atoms with Gasteiger partial charge in [0.25, 0.3) is 0 Å². The van der Waals surface area contributed by atoms with E-state index in [0.29, 0.717) is 6.29 Å². The van der Waals surface area contributed by atoms with E-state index in [1.165, 1.54) is 0 Å². The minimum absolute atomic E-state index is 0.0353. The molecule has 0 aromatic carbocycles. The monoisotopic (exact) mass is 275 g/mol. The minimum atomic E-state index is -1.38. The van der Waals surface area contributed by atoms with Crippen molar-refractivity contribution in [3.05, 3.63) is 0 Å². The van der Waals surface area contributed by atoms with Crippen LogP contribution in [-0.4, -0.2) is 43.0 Å². The van der Waals surface area contributed by atoms with Crippen LogP contribution in [0.2, 0.25) is 0 Å². The van der Waals surface area contributed by atoms with E-state index in [2.05, 4.69) is 39.4 Å². The molecule has 4 nitrogen and oxygen atoms in total. The second-order valence-electron chi connectivity index (χ2n) is 6.14. The first-order valence-corrected chi connectivity index (χ1v) is 8.66. The molecule has 0 saturated heterocycles. The Bertz CT molecular complexity index is 274. The summed E-state index contributed by atoms with van der Waals surface area (Å²) in [5, 5.41) is 11.5. The molecular formula is C13H26NO3P. The summed E-state index contributed by atoms with van der Waals surface area (Å²) in [7, 11) is -0.0353. The molecule has 0 radical (unpaired) electrons. The normalized spacial score (nSPS) is 15.3. The first-order chi connectivity index (χ1) is 8.15. The van der Waals surface area contributed by atoms with Crippen molar-refractivity contribution >= 4 is 20.1 Å². The van der Waals surface area contributed by atoms with E-state index < -0.39 is 6.23 Å². The third-order valence-electron chi connectivity index (χ3n) is 2.57. The maximum atomic E-state index is 12.0. The van der Waals surface area contributed by atoms with Crippen LogP contribution in [0.25, 0.3) is 0 Å². The second-order valence-corrected chi connectivity index (χ2v) is 8.75. The maximum Gasteiger partial charge on any atom is 0.225 e. The summed E-state index contributed by atoms with van der Waals surface area (Å²) in [4.78, 5) is 22.3. The van der Waals surface area contributed by atoms with Crippen molar-refractivity contribution in [3.8, 4) is 0 Å². The van der Waals surface area contributed by atoms with Crippen LogP contribution in [0.3, 0.4) is 0 Å². The molecule has 1 amide bonds. The Morgan fingerprint density at radius 2 is 1.94 bits per heavy atom. The van der Waals surface area contributed by atoms with Gasteiger partial charge in [-0.15, -0.1) is 7.92 Å². The molecule has 5 heteroatoms. The number of rotatable bonds is 7. The Morgan fingerprint density at radius 1 is 1.39 bits per heavy atom.